The minimum atomic E-state index is -0.912. The molecular weight excluding hydrogens is 400 g/mol. The Balaban J connectivity index is 1.70. The van der Waals surface area contributed by atoms with Gasteiger partial charge in [0.2, 0.25) is 11.8 Å². The molecule has 2 aromatic heterocycles. The van der Waals surface area contributed by atoms with Crippen molar-refractivity contribution in [1.82, 2.24) is 19.4 Å². The number of urea groups is 1. The first-order valence-corrected chi connectivity index (χ1v) is 9.82. The van der Waals surface area contributed by atoms with Crippen LogP contribution >= 0.6 is 22.9 Å². The van der Waals surface area contributed by atoms with Crippen molar-refractivity contribution >= 4 is 51.7 Å². The van der Waals surface area contributed by atoms with E-state index in [0.29, 0.717) is 11.0 Å². The molecule has 1 saturated heterocycles. The number of carbonyl (C=O) groups is 3. The summed E-state index contributed by atoms with van der Waals surface area (Å²) in [5.41, 5.74) is 1.88. The van der Waals surface area contributed by atoms with Gasteiger partial charge in [0.05, 0.1) is 6.54 Å². The first-order valence-electron chi connectivity index (χ1n) is 8.63. The van der Waals surface area contributed by atoms with Gasteiger partial charge in [0.25, 0.3) is 0 Å². The Hall–Kier alpha value is -2.71. The van der Waals surface area contributed by atoms with E-state index < -0.39 is 23.8 Å². The molecule has 28 heavy (non-hydrogen) atoms. The van der Waals surface area contributed by atoms with Crippen LogP contribution in [-0.4, -0.2) is 51.3 Å². The van der Waals surface area contributed by atoms with Gasteiger partial charge in [-0.3, -0.25) is 19.4 Å². The minimum Gasteiger partial charge on any atom is -0.342 e. The zero-order chi connectivity index (χ0) is 20.0. The number of benzene rings is 1. The Morgan fingerprint density at radius 2 is 1.79 bits per heavy atom. The Kier molecular flexibility index (Phi) is 4.68. The van der Waals surface area contributed by atoms with Crippen molar-refractivity contribution < 1.29 is 14.4 Å². The third-order valence-corrected chi connectivity index (χ3v) is 6.08. The topological polar surface area (TPSA) is 75.5 Å². The second-order valence-electron chi connectivity index (χ2n) is 6.71. The number of para-hydroxylation sites is 1. The molecular formula is C19H17ClN4O3S. The van der Waals surface area contributed by atoms with Gasteiger partial charge in [-0.25, -0.2) is 9.78 Å². The standard InChI is InChI=1S/C19H17ClN4O3S/c1-22-16(25)14(17(26)23(2)19(22)27)7-11-9-24(10-12-8-21-18(20)28-12)15-6-4-3-5-13(11)15/h3-6,8-9,14H,7,10H2,1-2H3. The average molecular weight is 417 g/mol. The zero-order valence-electron chi connectivity index (χ0n) is 15.3. The van der Waals surface area contributed by atoms with Crippen LogP contribution in [0.5, 0.6) is 0 Å². The molecule has 9 heteroatoms. The predicted molar refractivity (Wildman–Crippen MR) is 106 cm³/mol. The first kappa shape index (κ1) is 18.6. The maximum absolute atomic E-state index is 12.6. The van der Waals surface area contributed by atoms with Crippen LogP contribution in [0.15, 0.2) is 36.7 Å². The molecule has 4 amide bonds. The fourth-order valence-corrected chi connectivity index (χ4v) is 4.50. The molecule has 0 aliphatic carbocycles. The summed E-state index contributed by atoms with van der Waals surface area (Å²) in [6.45, 7) is 0.593. The average Bonchev–Trinajstić information content (AvgIpc) is 3.26. The number of amides is 4. The molecule has 1 fully saturated rings. The Labute approximate surface area is 170 Å². The van der Waals surface area contributed by atoms with E-state index in [-0.39, 0.29) is 6.42 Å². The number of aromatic nitrogens is 2. The smallest absolute Gasteiger partial charge is 0.332 e. The number of halogens is 1. The molecule has 0 unspecified atom stereocenters. The molecule has 0 N–H and O–H groups in total. The Morgan fingerprint density at radius 1 is 1.11 bits per heavy atom. The van der Waals surface area contributed by atoms with Crippen LogP contribution in [0.2, 0.25) is 4.47 Å². The fourth-order valence-electron chi connectivity index (χ4n) is 3.52. The highest BCUT2D eigenvalue weighted by molar-refractivity contribution is 7.15. The van der Waals surface area contributed by atoms with Crippen LogP contribution < -0.4 is 0 Å². The highest BCUT2D eigenvalue weighted by atomic mass is 35.5. The van der Waals surface area contributed by atoms with Gasteiger partial charge in [-0.2, -0.15) is 0 Å². The van der Waals surface area contributed by atoms with E-state index >= 15 is 0 Å². The number of barbiturate groups is 1. The van der Waals surface area contributed by atoms with E-state index in [9.17, 15) is 14.4 Å². The SMILES string of the molecule is CN1C(=O)C(Cc2cn(Cc3cnc(Cl)s3)c3ccccc23)C(=O)N(C)C1=O. The summed E-state index contributed by atoms with van der Waals surface area (Å²) in [5.74, 6) is -1.86. The van der Waals surface area contributed by atoms with Gasteiger partial charge in [-0.1, -0.05) is 29.8 Å². The number of fused-ring (bicyclic) bond motifs is 1. The van der Waals surface area contributed by atoms with Gasteiger partial charge in [-0.05, 0) is 18.1 Å². The number of hydrogen-bond acceptors (Lipinski definition) is 5. The molecule has 1 aliphatic rings. The second-order valence-corrected chi connectivity index (χ2v) is 8.41. The summed E-state index contributed by atoms with van der Waals surface area (Å²) >= 11 is 7.35. The Morgan fingerprint density at radius 3 is 2.43 bits per heavy atom. The summed E-state index contributed by atoms with van der Waals surface area (Å²) in [6.07, 6.45) is 3.93. The largest absolute Gasteiger partial charge is 0.342 e. The van der Waals surface area contributed by atoms with E-state index in [1.54, 1.807) is 6.20 Å². The first-order chi connectivity index (χ1) is 13.4. The van der Waals surface area contributed by atoms with Crippen molar-refractivity contribution in [3.05, 3.63) is 51.6 Å². The van der Waals surface area contributed by atoms with Crippen LogP contribution in [-0.2, 0) is 22.6 Å². The van der Waals surface area contributed by atoms with Gasteiger partial charge >= 0.3 is 6.03 Å². The number of rotatable bonds is 4. The maximum Gasteiger partial charge on any atom is 0.332 e. The molecule has 0 saturated carbocycles. The van der Waals surface area contributed by atoms with E-state index in [2.05, 4.69) is 9.55 Å². The molecule has 3 heterocycles. The van der Waals surface area contributed by atoms with E-state index in [0.717, 1.165) is 31.1 Å². The third kappa shape index (κ3) is 3.08. The molecule has 0 atom stereocenters. The molecule has 4 rings (SSSR count). The van der Waals surface area contributed by atoms with Gasteiger partial charge in [-0.15, -0.1) is 11.3 Å². The lowest BCUT2D eigenvalue weighted by Gasteiger charge is -2.32. The van der Waals surface area contributed by atoms with Crippen LogP contribution in [0.4, 0.5) is 4.79 Å². The van der Waals surface area contributed by atoms with E-state index in [1.807, 2.05) is 30.5 Å². The number of hydrogen-bond donors (Lipinski definition) is 0. The molecule has 3 aromatic rings. The van der Waals surface area contributed by atoms with Gasteiger partial charge in [0.15, 0.2) is 4.47 Å². The predicted octanol–water partition coefficient (Wildman–Crippen LogP) is 3.01. The summed E-state index contributed by atoms with van der Waals surface area (Å²) < 4.78 is 2.55. The van der Waals surface area contributed by atoms with Gasteiger partial charge in [0, 0.05) is 42.3 Å². The highest BCUT2D eigenvalue weighted by Crippen LogP contribution is 2.28. The van der Waals surface area contributed by atoms with Crippen LogP contribution in [0.25, 0.3) is 10.9 Å². The number of imide groups is 2. The lowest BCUT2D eigenvalue weighted by atomic mass is 9.95. The summed E-state index contributed by atoms with van der Waals surface area (Å²) in [6, 6.07) is 7.23. The van der Waals surface area contributed by atoms with Crippen molar-refractivity contribution in [2.24, 2.45) is 5.92 Å². The summed E-state index contributed by atoms with van der Waals surface area (Å²) in [4.78, 5) is 44.2. The molecule has 7 nitrogen and oxygen atoms in total. The van der Waals surface area contributed by atoms with Crippen molar-refractivity contribution in [2.45, 2.75) is 13.0 Å². The van der Waals surface area contributed by atoms with Crippen LogP contribution in [0.3, 0.4) is 0 Å². The number of thiazole rings is 1. The van der Waals surface area contributed by atoms with Crippen molar-refractivity contribution in [2.75, 3.05) is 14.1 Å². The molecule has 1 aliphatic heterocycles. The van der Waals surface area contributed by atoms with Gasteiger partial charge in [0.1, 0.15) is 5.92 Å². The monoisotopic (exact) mass is 416 g/mol. The normalized spacial score (nSPS) is 15.9. The maximum atomic E-state index is 12.6. The summed E-state index contributed by atoms with van der Waals surface area (Å²) in [5, 5.41) is 0.973. The van der Waals surface area contributed by atoms with Crippen LogP contribution in [0.1, 0.15) is 10.4 Å². The minimum absolute atomic E-state index is 0.233. The molecule has 0 radical (unpaired) electrons. The lowest BCUT2D eigenvalue weighted by Crippen LogP contribution is -2.57. The van der Waals surface area contributed by atoms with Crippen molar-refractivity contribution in [3.63, 3.8) is 0 Å². The molecule has 1 aromatic carbocycles. The lowest BCUT2D eigenvalue weighted by molar-refractivity contribution is -0.147. The molecule has 144 valence electrons. The van der Waals surface area contributed by atoms with Crippen molar-refractivity contribution in [1.29, 1.82) is 0 Å². The number of nitrogens with zero attached hydrogens (tertiary/aromatic N) is 4. The van der Waals surface area contributed by atoms with E-state index in [1.165, 1.54) is 25.4 Å². The van der Waals surface area contributed by atoms with Crippen LogP contribution in [0, 0.1) is 5.92 Å². The van der Waals surface area contributed by atoms with Crippen molar-refractivity contribution in [3.8, 4) is 0 Å². The van der Waals surface area contributed by atoms with E-state index in [4.69, 9.17) is 11.6 Å². The highest BCUT2D eigenvalue weighted by Gasteiger charge is 2.42. The Bertz CT molecular complexity index is 1080. The number of carbonyl (C=O) groups excluding carboxylic acids is 3. The molecule has 0 spiro atoms. The third-order valence-electron chi connectivity index (χ3n) is 4.98. The van der Waals surface area contributed by atoms with Gasteiger partial charge < -0.3 is 4.57 Å². The second kappa shape index (κ2) is 7.03. The molecule has 0 bridgehead atoms. The quantitative estimate of drug-likeness (QED) is 0.613. The summed E-state index contributed by atoms with van der Waals surface area (Å²) in [7, 11) is 2.80. The fraction of sp³-hybridized carbons (Fsp3) is 0.263. The zero-order valence-corrected chi connectivity index (χ0v) is 16.8.